The normalized spacial score (nSPS) is 18.7. The predicted molar refractivity (Wildman–Crippen MR) is 91.3 cm³/mol. The van der Waals surface area contributed by atoms with Gasteiger partial charge in [0.2, 0.25) is 11.8 Å². The molecule has 2 heterocycles. The van der Waals surface area contributed by atoms with Gasteiger partial charge in [-0.05, 0) is 24.5 Å². The number of carbonyl (C=O) groups excluding carboxylic acids is 2. The minimum Gasteiger partial charge on any atom is -0.462 e. The minimum atomic E-state index is -2.72. The first-order chi connectivity index (χ1) is 12.2. The number of hydrogen-bond donors (Lipinski definition) is 0. The van der Waals surface area contributed by atoms with Gasteiger partial charge in [-0.1, -0.05) is 0 Å². The summed E-state index contributed by atoms with van der Waals surface area (Å²) in [5.74, 6) is -3.46. The maximum atomic E-state index is 13.1. The molecule has 3 rings (SSSR count). The van der Waals surface area contributed by atoms with E-state index < -0.39 is 17.8 Å². The number of aromatic nitrogens is 1. The smallest absolute Gasteiger partial charge is 0.342 e. The first-order valence-corrected chi connectivity index (χ1v) is 8.75. The summed E-state index contributed by atoms with van der Waals surface area (Å²) in [6.07, 6.45) is 1.38. The Morgan fingerprint density at radius 2 is 2.08 bits per heavy atom. The first-order valence-electron chi connectivity index (χ1n) is 8.75. The van der Waals surface area contributed by atoms with Crippen LogP contribution in [0, 0.1) is 5.92 Å². The molecule has 0 saturated heterocycles. The van der Waals surface area contributed by atoms with E-state index in [1.165, 1.54) is 0 Å². The van der Waals surface area contributed by atoms with E-state index in [1.807, 2.05) is 0 Å². The number of anilines is 1. The fourth-order valence-electron chi connectivity index (χ4n) is 3.57. The van der Waals surface area contributed by atoms with Gasteiger partial charge in [0.05, 0.1) is 6.61 Å². The van der Waals surface area contributed by atoms with Gasteiger partial charge >= 0.3 is 5.97 Å². The maximum Gasteiger partial charge on any atom is 0.342 e. The van der Waals surface area contributed by atoms with Crippen LogP contribution in [0.15, 0.2) is 6.20 Å². The van der Waals surface area contributed by atoms with E-state index in [0.717, 1.165) is 11.1 Å². The zero-order valence-corrected chi connectivity index (χ0v) is 15.2. The SMILES string of the molecule is CCOC(=O)c1c(N(C)C)ncc2c1CCN(C(=O)C1CC(F)(F)C1)C2. The summed E-state index contributed by atoms with van der Waals surface area (Å²) in [6.45, 7) is 2.68. The molecule has 0 spiro atoms. The van der Waals surface area contributed by atoms with E-state index in [-0.39, 0.29) is 31.9 Å². The predicted octanol–water partition coefficient (Wildman–Crippen LogP) is 2.25. The molecule has 1 aliphatic heterocycles. The fraction of sp³-hybridized carbons (Fsp3) is 0.611. The Labute approximate surface area is 151 Å². The third kappa shape index (κ3) is 3.37. The van der Waals surface area contributed by atoms with Crippen molar-refractivity contribution in [2.45, 2.75) is 38.7 Å². The van der Waals surface area contributed by atoms with Crippen LogP contribution in [0.4, 0.5) is 14.6 Å². The Morgan fingerprint density at radius 3 is 2.65 bits per heavy atom. The highest BCUT2D eigenvalue weighted by molar-refractivity contribution is 5.97. The summed E-state index contributed by atoms with van der Waals surface area (Å²) >= 11 is 0. The Balaban J connectivity index is 1.84. The molecule has 0 unspecified atom stereocenters. The molecule has 6 nitrogen and oxygen atoms in total. The second-order valence-electron chi connectivity index (χ2n) is 7.05. The van der Waals surface area contributed by atoms with Crippen molar-refractivity contribution in [3.05, 3.63) is 22.9 Å². The van der Waals surface area contributed by atoms with Gasteiger partial charge in [-0.3, -0.25) is 4.79 Å². The van der Waals surface area contributed by atoms with Gasteiger partial charge < -0.3 is 14.5 Å². The van der Waals surface area contributed by atoms with E-state index in [1.54, 1.807) is 37.0 Å². The van der Waals surface area contributed by atoms with Crippen LogP contribution in [0.3, 0.4) is 0 Å². The van der Waals surface area contributed by atoms with Gasteiger partial charge in [0.15, 0.2) is 0 Å². The van der Waals surface area contributed by atoms with E-state index in [9.17, 15) is 18.4 Å². The summed E-state index contributed by atoms with van der Waals surface area (Å²) in [6, 6.07) is 0. The van der Waals surface area contributed by atoms with Crippen molar-refractivity contribution in [3.8, 4) is 0 Å². The lowest BCUT2D eigenvalue weighted by molar-refractivity contribution is -0.160. The number of ether oxygens (including phenoxy) is 1. The van der Waals surface area contributed by atoms with Crippen molar-refractivity contribution >= 4 is 17.7 Å². The van der Waals surface area contributed by atoms with Crippen molar-refractivity contribution in [1.29, 1.82) is 0 Å². The minimum absolute atomic E-state index is 0.240. The molecule has 2 aliphatic rings. The molecule has 0 radical (unpaired) electrons. The molecular weight excluding hydrogens is 344 g/mol. The number of nitrogens with zero attached hydrogens (tertiary/aromatic N) is 3. The number of amides is 1. The molecule has 0 bridgehead atoms. The average molecular weight is 367 g/mol. The summed E-state index contributed by atoms with van der Waals surface area (Å²) < 4.78 is 31.3. The molecular formula is C18H23F2N3O3. The van der Waals surface area contributed by atoms with Gasteiger partial charge in [0.25, 0.3) is 0 Å². The summed E-state index contributed by atoms with van der Waals surface area (Å²) in [5.41, 5.74) is 2.02. The topological polar surface area (TPSA) is 62.7 Å². The summed E-state index contributed by atoms with van der Waals surface area (Å²) in [5, 5.41) is 0. The lowest BCUT2D eigenvalue weighted by Gasteiger charge is -2.39. The van der Waals surface area contributed by atoms with Crippen LogP contribution in [-0.4, -0.2) is 54.9 Å². The van der Waals surface area contributed by atoms with E-state index in [2.05, 4.69) is 4.98 Å². The van der Waals surface area contributed by atoms with E-state index in [4.69, 9.17) is 4.74 Å². The van der Waals surface area contributed by atoms with Crippen molar-refractivity contribution in [2.24, 2.45) is 5.92 Å². The number of halogens is 2. The molecule has 142 valence electrons. The number of hydrogen-bond acceptors (Lipinski definition) is 5. The van der Waals surface area contributed by atoms with Crippen LogP contribution in [0.25, 0.3) is 0 Å². The van der Waals surface area contributed by atoms with Crippen LogP contribution in [0.1, 0.15) is 41.3 Å². The lowest BCUT2D eigenvalue weighted by Crippen LogP contribution is -2.48. The second-order valence-corrected chi connectivity index (χ2v) is 7.05. The lowest BCUT2D eigenvalue weighted by atomic mass is 9.80. The Hall–Kier alpha value is -2.25. The van der Waals surface area contributed by atoms with Crippen LogP contribution in [0.5, 0.6) is 0 Å². The number of alkyl halides is 2. The zero-order valence-electron chi connectivity index (χ0n) is 15.2. The third-order valence-corrected chi connectivity index (χ3v) is 4.90. The van der Waals surface area contributed by atoms with Gasteiger partial charge in [-0.15, -0.1) is 0 Å². The quantitative estimate of drug-likeness (QED) is 0.764. The number of carbonyl (C=O) groups is 2. The molecule has 8 heteroatoms. The van der Waals surface area contributed by atoms with Crippen molar-refractivity contribution in [1.82, 2.24) is 9.88 Å². The molecule has 0 atom stereocenters. The highest BCUT2D eigenvalue weighted by atomic mass is 19.3. The molecule has 1 saturated carbocycles. The molecule has 26 heavy (non-hydrogen) atoms. The number of rotatable bonds is 4. The molecule has 0 N–H and O–H groups in total. The molecule has 0 aromatic carbocycles. The monoisotopic (exact) mass is 367 g/mol. The highest BCUT2D eigenvalue weighted by Crippen LogP contribution is 2.43. The Bertz CT molecular complexity index is 729. The Kier molecular flexibility index (Phi) is 4.86. The molecule has 1 aromatic rings. The summed E-state index contributed by atoms with van der Waals surface area (Å²) in [7, 11) is 3.60. The van der Waals surface area contributed by atoms with Crippen molar-refractivity contribution in [3.63, 3.8) is 0 Å². The maximum absolute atomic E-state index is 13.1. The molecule has 1 fully saturated rings. The largest absolute Gasteiger partial charge is 0.462 e. The van der Waals surface area contributed by atoms with Gasteiger partial charge in [0, 0.05) is 52.1 Å². The van der Waals surface area contributed by atoms with E-state index >= 15 is 0 Å². The van der Waals surface area contributed by atoms with Gasteiger partial charge in [-0.25, -0.2) is 18.6 Å². The molecule has 1 aliphatic carbocycles. The van der Waals surface area contributed by atoms with Gasteiger partial charge in [0.1, 0.15) is 11.4 Å². The Morgan fingerprint density at radius 1 is 1.38 bits per heavy atom. The van der Waals surface area contributed by atoms with Crippen molar-refractivity contribution in [2.75, 3.05) is 32.1 Å². The fourth-order valence-corrected chi connectivity index (χ4v) is 3.57. The van der Waals surface area contributed by atoms with Crippen molar-refractivity contribution < 1.29 is 23.1 Å². The summed E-state index contributed by atoms with van der Waals surface area (Å²) in [4.78, 5) is 32.6. The van der Waals surface area contributed by atoms with Crippen LogP contribution in [0.2, 0.25) is 0 Å². The zero-order chi connectivity index (χ0) is 19.1. The van der Waals surface area contributed by atoms with Crippen LogP contribution in [-0.2, 0) is 22.5 Å². The third-order valence-electron chi connectivity index (χ3n) is 4.90. The number of fused-ring (bicyclic) bond motifs is 1. The van der Waals surface area contributed by atoms with Crippen LogP contribution >= 0.6 is 0 Å². The average Bonchev–Trinajstić information content (AvgIpc) is 2.57. The van der Waals surface area contributed by atoms with Crippen LogP contribution < -0.4 is 4.90 Å². The highest BCUT2D eigenvalue weighted by Gasteiger charge is 2.50. The molecule has 1 aromatic heterocycles. The van der Waals surface area contributed by atoms with Gasteiger partial charge in [-0.2, -0.15) is 0 Å². The van der Waals surface area contributed by atoms with E-state index in [0.29, 0.717) is 24.3 Å². The standard InChI is InChI=1S/C18H23F2N3O3/c1-4-26-17(25)14-13-5-6-23(16(24)11-7-18(19,20)8-11)10-12(13)9-21-15(14)22(2)3/h9,11H,4-8,10H2,1-3H3. The number of pyridine rings is 1. The number of esters is 1. The molecule has 1 amide bonds. The first kappa shape index (κ1) is 18.5. The second kappa shape index (κ2) is 6.81.